The molecule has 0 saturated carbocycles. The third-order valence-electron chi connectivity index (χ3n) is 6.32. The first kappa shape index (κ1) is 23.5. The molecule has 0 atom stereocenters. The number of rotatable bonds is 6. The predicted octanol–water partition coefficient (Wildman–Crippen LogP) is 2.54. The molecule has 31 heavy (non-hydrogen) atoms. The van der Waals surface area contributed by atoms with E-state index in [2.05, 4.69) is 21.3 Å². The number of carbonyl (C=O) groups is 1. The predicted molar refractivity (Wildman–Crippen MR) is 121 cm³/mol. The molecule has 2 aromatic rings. The van der Waals surface area contributed by atoms with Crippen molar-refractivity contribution in [2.75, 3.05) is 39.5 Å². The van der Waals surface area contributed by atoms with Crippen molar-refractivity contribution in [3.63, 3.8) is 0 Å². The van der Waals surface area contributed by atoms with E-state index in [-0.39, 0.29) is 5.97 Å². The minimum Gasteiger partial charge on any atom is -0.465 e. The van der Waals surface area contributed by atoms with Crippen LogP contribution in [0.25, 0.3) is 0 Å². The molecule has 1 saturated heterocycles. The Kier molecular flexibility index (Phi) is 7.24. The van der Waals surface area contributed by atoms with Crippen LogP contribution >= 0.6 is 0 Å². The quantitative estimate of drug-likeness (QED) is 0.634. The van der Waals surface area contributed by atoms with Gasteiger partial charge in [-0.15, -0.1) is 0 Å². The van der Waals surface area contributed by atoms with Gasteiger partial charge in [0.25, 0.3) is 0 Å². The van der Waals surface area contributed by atoms with E-state index in [1.807, 2.05) is 26.1 Å². The van der Waals surface area contributed by atoms with Gasteiger partial charge in [0.05, 0.1) is 17.6 Å². The minimum atomic E-state index is -3.17. The molecular weight excluding hydrogens is 414 g/mol. The molecule has 2 heterocycles. The molecule has 8 heteroatoms. The Balaban J connectivity index is 1.66. The summed E-state index contributed by atoms with van der Waals surface area (Å²) in [6.07, 6.45) is 2.27. The first-order valence-corrected chi connectivity index (χ1v) is 12.5. The number of aromatic nitrogens is 1. The van der Waals surface area contributed by atoms with Crippen LogP contribution in [-0.4, -0.2) is 68.3 Å². The monoisotopic (exact) mass is 447 g/mol. The number of nitrogens with zero attached hydrogens (tertiary/aromatic N) is 3. The van der Waals surface area contributed by atoms with Crippen molar-refractivity contribution in [3.05, 3.63) is 52.3 Å². The molecule has 3 rings (SSSR count). The SMILES string of the molecule is COC(=O)c1c(CN2CCCN(Cc3ccc(S(C)(=O)=O)cc3)CC2)c(C)n(C)c1C. The van der Waals surface area contributed by atoms with Crippen LogP contribution < -0.4 is 0 Å². The molecule has 1 aliphatic rings. The first-order chi connectivity index (χ1) is 14.6. The Morgan fingerprint density at radius 2 is 1.55 bits per heavy atom. The van der Waals surface area contributed by atoms with E-state index in [9.17, 15) is 13.2 Å². The second-order valence-corrected chi connectivity index (χ2v) is 10.4. The van der Waals surface area contributed by atoms with Crippen molar-refractivity contribution >= 4 is 15.8 Å². The lowest BCUT2D eigenvalue weighted by atomic mass is 10.1. The summed E-state index contributed by atoms with van der Waals surface area (Å²) < 4.78 is 30.4. The molecule has 0 amide bonds. The van der Waals surface area contributed by atoms with Gasteiger partial charge in [-0.2, -0.15) is 0 Å². The van der Waals surface area contributed by atoms with E-state index >= 15 is 0 Å². The first-order valence-electron chi connectivity index (χ1n) is 10.6. The van der Waals surface area contributed by atoms with Crippen LogP contribution in [0.1, 0.15) is 39.3 Å². The Morgan fingerprint density at radius 3 is 2.10 bits per heavy atom. The summed E-state index contributed by atoms with van der Waals surface area (Å²) in [5.41, 5.74) is 4.90. The highest BCUT2D eigenvalue weighted by atomic mass is 32.2. The van der Waals surface area contributed by atoms with Gasteiger partial charge in [-0.1, -0.05) is 12.1 Å². The fourth-order valence-electron chi connectivity index (χ4n) is 4.25. The van der Waals surface area contributed by atoms with Crippen LogP contribution in [0, 0.1) is 13.8 Å². The molecule has 0 unspecified atom stereocenters. The smallest absolute Gasteiger partial charge is 0.340 e. The second kappa shape index (κ2) is 9.54. The molecule has 1 aliphatic heterocycles. The largest absolute Gasteiger partial charge is 0.465 e. The van der Waals surface area contributed by atoms with Crippen molar-refractivity contribution < 1.29 is 17.9 Å². The number of hydrogen-bond acceptors (Lipinski definition) is 6. The number of hydrogen-bond donors (Lipinski definition) is 0. The molecule has 1 aromatic carbocycles. The van der Waals surface area contributed by atoms with E-state index in [1.54, 1.807) is 12.1 Å². The van der Waals surface area contributed by atoms with Gasteiger partial charge in [0.1, 0.15) is 0 Å². The van der Waals surface area contributed by atoms with Gasteiger partial charge in [-0.05, 0) is 51.1 Å². The van der Waals surface area contributed by atoms with E-state index in [0.29, 0.717) is 10.5 Å². The van der Waals surface area contributed by atoms with Gasteiger partial charge in [0.15, 0.2) is 9.84 Å². The number of esters is 1. The van der Waals surface area contributed by atoms with Gasteiger partial charge < -0.3 is 9.30 Å². The molecule has 170 valence electrons. The average Bonchev–Trinajstić information content (AvgIpc) is 2.88. The lowest BCUT2D eigenvalue weighted by Gasteiger charge is -2.22. The highest BCUT2D eigenvalue weighted by Crippen LogP contribution is 2.24. The fourth-order valence-corrected chi connectivity index (χ4v) is 4.88. The van der Waals surface area contributed by atoms with Crippen molar-refractivity contribution in [1.82, 2.24) is 14.4 Å². The zero-order valence-corrected chi connectivity index (χ0v) is 20.0. The highest BCUT2D eigenvalue weighted by Gasteiger charge is 2.25. The summed E-state index contributed by atoms with van der Waals surface area (Å²) in [5.74, 6) is -0.273. The van der Waals surface area contributed by atoms with E-state index in [4.69, 9.17) is 4.74 Å². The minimum absolute atomic E-state index is 0.273. The highest BCUT2D eigenvalue weighted by molar-refractivity contribution is 7.90. The van der Waals surface area contributed by atoms with Gasteiger partial charge in [-0.3, -0.25) is 9.80 Å². The molecule has 0 bridgehead atoms. The topological polar surface area (TPSA) is 71.8 Å². The number of carbonyl (C=O) groups excluding carboxylic acids is 1. The van der Waals surface area contributed by atoms with Gasteiger partial charge in [0.2, 0.25) is 0 Å². The van der Waals surface area contributed by atoms with Crippen molar-refractivity contribution in [1.29, 1.82) is 0 Å². The van der Waals surface area contributed by atoms with Crippen molar-refractivity contribution in [2.24, 2.45) is 7.05 Å². The van der Waals surface area contributed by atoms with Crippen LogP contribution in [0.2, 0.25) is 0 Å². The summed E-state index contributed by atoms with van der Waals surface area (Å²) in [6.45, 7) is 9.34. The number of methoxy groups -OCH3 is 1. The number of sulfone groups is 1. The third-order valence-corrected chi connectivity index (χ3v) is 7.45. The van der Waals surface area contributed by atoms with Crippen LogP contribution in [-0.2, 0) is 34.7 Å². The van der Waals surface area contributed by atoms with Crippen LogP contribution in [0.5, 0.6) is 0 Å². The number of benzene rings is 1. The summed E-state index contributed by atoms with van der Waals surface area (Å²) in [7, 11) is 0.250. The normalized spacial score (nSPS) is 16.3. The maximum atomic E-state index is 12.4. The maximum absolute atomic E-state index is 12.4. The lowest BCUT2D eigenvalue weighted by Crippen LogP contribution is -2.30. The molecule has 0 spiro atoms. The van der Waals surface area contributed by atoms with Crippen LogP contribution in [0.3, 0.4) is 0 Å². The Hall–Kier alpha value is -2.16. The maximum Gasteiger partial charge on any atom is 0.340 e. The van der Waals surface area contributed by atoms with E-state index in [1.165, 1.54) is 13.4 Å². The summed E-state index contributed by atoms with van der Waals surface area (Å²) >= 11 is 0. The average molecular weight is 448 g/mol. The van der Waals surface area contributed by atoms with Crippen LogP contribution in [0.15, 0.2) is 29.2 Å². The Labute approximate surface area is 185 Å². The zero-order chi connectivity index (χ0) is 22.8. The summed E-state index contributed by atoms with van der Waals surface area (Å²) in [5, 5.41) is 0. The Bertz CT molecular complexity index is 1040. The van der Waals surface area contributed by atoms with E-state index in [0.717, 1.165) is 68.2 Å². The Morgan fingerprint density at radius 1 is 0.968 bits per heavy atom. The van der Waals surface area contributed by atoms with Gasteiger partial charge >= 0.3 is 5.97 Å². The molecule has 1 fully saturated rings. The molecule has 1 aromatic heterocycles. The molecular formula is C23H33N3O4S. The fraction of sp³-hybridized carbons (Fsp3) is 0.522. The molecule has 0 aliphatic carbocycles. The number of ether oxygens (including phenoxy) is 1. The molecule has 7 nitrogen and oxygen atoms in total. The molecule has 0 radical (unpaired) electrons. The van der Waals surface area contributed by atoms with Gasteiger partial charge in [-0.25, -0.2) is 13.2 Å². The summed E-state index contributed by atoms with van der Waals surface area (Å²) in [6, 6.07) is 7.17. The van der Waals surface area contributed by atoms with Crippen molar-refractivity contribution in [2.45, 2.75) is 38.3 Å². The van der Waals surface area contributed by atoms with Crippen molar-refractivity contribution in [3.8, 4) is 0 Å². The zero-order valence-electron chi connectivity index (χ0n) is 19.1. The van der Waals surface area contributed by atoms with E-state index < -0.39 is 9.84 Å². The second-order valence-electron chi connectivity index (χ2n) is 8.40. The standard InChI is InChI=1S/C23H33N3O4S/c1-17-21(22(23(27)30-4)18(2)24(17)3)16-26-12-6-11-25(13-14-26)15-19-7-9-20(10-8-19)31(5,28)29/h7-10H,6,11-16H2,1-5H3. The van der Waals surface area contributed by atoms with Crippen LogP contribution in [0.4, 0.5) is 0 Å². The van der Waals surface area contributed by atoms with Gasteiger partial charge in [0, 0.05) is 56.4 Å². The lowest BCUT2D eigenvalue weighted by molar-refractivity contribution is 0.0597. The summed E-state index contributed by atoms with van der Waals surface area (Å²) in [4.78, 5) is 17.5. The molecule has 0 N–H and O–H groups in total. The third kappa shape index (κ3) is 5.37.